The van der Waals surface area contributed by atoms with Gasteiger partial charge in [-0.05, 0) is 117 Å². The Balaban J connectivity index is 1.22. The number of hydrogen-bond acceptors (Lipinski definition) is 2. The van der Waals surface area contributed by atoms with Gasteiger partial charge in [-0.15, -0.1) is 0 Å². The van der Waals surface area contributed by atoms with Crippen LogP contribution in [0.25, 0.3) is 72.0 Å². The lowest BCUT2D eigenvalue weighted by atomic mass is 10.0. The summed E-state index contributed by atoms with van der Waals surface area (Å²) >= 11 is 8.07. The SMILES string of the molecule is [2H]c1c([2H])c([2H])c(-c2ccc(N(c3ccc(-c4c([2H])c([2H])c([2H])c([2H])c4[2H])cc3)c3cc(-n4c5c([2H])c([2H])c([2H])c([2H])c5c5c([2H])c([2H])c([2H])c([2H])c54)cc(N(c4ccc(-c5c([2H])c([2H])c([2H])c([2H])c5[2H])cc4)c4ccc(-c5c([2H])c([2H])c([2H])c([2H])c5[2H])cc4)c3Cl)cc2)c([2H])c1[2H]. The van der Waals surface area contributed by atoms with E-state index < -0.39 is 169 Å². The Morgan fingerprint density at radius 2 is 0.557 bits per heavy atom. The predicted molar refractivity (Wildman–Crippen MR) is 297 cm³/mol. The fourth-order valence-electron chi connectivity index (χ4n) is 8.25. The van der Waals surface area contributed by atoms with Crippen molar-refractivity contribution >= 4 is 67.5 Å². The van der Waals surface area contributed by atoms with E-state index in [0.717, 1.165) is 0 Å². The summed E-state index contributed by atoms with van der Waals surface area (Å²) in [6.45, 7) is 0. The summed E-state index contributed by atoms with van der Waals surface area (Å²) in [5, 5.41) is -0.808. The van der Waals surface area contributed by atoms with Crippen molar-refractivity contribution in [3.05, 3.63) is 283 Å². The molecule has 0 fully saturated rings. The quantitative estimate of drug-likeness (QED) is 0.128. The summed E-state index contributed by atoms with van der Waals surface area (Å²) < 4.78 is 246. The molecule has 0 aliphatic heterocycles. The Bertz CT molecular complexity index is 4760. The average Bonchev–Trinajstić information content (AvgIpc) is 1.54. The Morgan fingerprint density at radius 1 is 0.300 bits per heavy atom. The molecule has 0 N–H and O–H groups in total. The third-order valence-electron chi connectivity index (χ3n) is 11.4. The highest BCUT2D eigenvalue weighted by molar-refractivity contribution is 6.37. The third-order valence-corrected chi connectivity index (χ3v) is 11.8. The monoisotopic (exact) mass is 944 g/mol. The van der Waals surface area contributed by atoms with Gasteiger partial charge in [0.15, 0.2) is 0 Å². The van der Waals surface area contributed by atoms with Gasteiger partial charge in [0.2, 0.25) is 0 Å². The minimum Gasteiger partial charge on any atom is -0.309 e. The van der Waals surface area contributed by atoms with Gasteiger partial charge in [-0.25, -0.2) is 0 Å². The van der Waals surface area contributed by atoms with Crippen LogP contribution in [-0.4, -0.2) is 4.57 Å². The Hall–Kier alpha value is -8.89. The average molecular weight is 945 g/mol. The number of hydrogen-bond donors (Lipinski definition) is 0. The van der Waals surface area contributed by atoms with E-state index in [1.165, 1.54) is 114 Å². The Morgan fingerprint density at radius 3 is 0.843 bits per heavy atom. The van der Waals surface area contributed by atoms with Crippen LogP contribution in [0.5, 0.6) is 0 Å². The molecule has 0 radical (unpaired) electrons. The van der Waals surface area contributed by atoms with E-state index in [1.807, 2.05) is 0 Å². The zero-order valence-corrected chi connectivity index (χ0v) is 36.9. The molecule has 1 heterocycles. The maximum Gasteiger partial charge on any atom is 0.0888 e. The standard InChI is InChI=1S/C66H46ClN3/c67-66-64(68(55-37-29-51(30-38-55)47-17-5-1-6-18-47)56-39-31-52(32-40-56)48-19-7-2-8-20-48)45-59(70-62-27-15-13-25-60(62)61-26-14-16-28-63(61)70)46-65(66)69(57-41-33-53(34-42-57)49-21-9-3-10-22-49)58-43-35-54(36-44-58)50-23-11-4-12-24-50/h1-46H/i1D,2D,3D,4D,5D,6D,7D,8D,9D,10D,11D,12D,13D,14D,15D,16D,17D,18D,19D,20D,21D,22D,23D,24D,25D,26D,27D,28D. The van der Waals surface area contributed by atoms with Crippen molar-refractivity contribution < 1.29 is 38.4 Å². The molecule has 0 saturated carbocycles. The second-order valence-corrected chi connectivity index (χ2v) is 15.8. The number of para-hydroxylation sites is 2. The van der Waals surface area contributed by atoms with Crippen molar-refractivity contribution in [3.8, 4) is 50.2 Å². The van der Waals surface area contributed by atoms with Crippen LogP contribution in [-0.2, 0) is 0 Å². The van der Waals surface area contributed by atoms with Gasteiger partial charge in [0.25, 0.3) is 0 Å². The van der Waals surface area contributed by atoms with Gasteiger partial charge in [-0.1, -0.05) is 217 Å². The first kappa shape index (κ1) is 22.0. The summed E-state index contributed by atoms with van der Waals surface area (Å²) in [4.78, 5) is 3.10. The highest BCUT2D eigenvalue weighted by atomic mass is 35.5. The first-order chi connectivity index (χ1) is 46.2. The first-order valence-electron chi connectivity index (χ1n) is 35.4. The van der Waals surface area contributed by atoms with E-state index in [2.05, 4.69) is 0 Å². The lowest BCUT2D eigenvalue weighted by Gasteiger charge is -2.32. The number of anilines is 6. The van der Waals surface area contributed by atoms with Crippen molar-refractivity contribution in [2.75, 3.05) is 9.80 Å². The summed E-state index contributed by atoms with van der Waals surface area (Å²) in [7, 11) is 0. The molecule has 332 valence electrons. The number of benzene rings is 11. The van der Waals surface area contributed by atoms with Crippen LogP contribution in [0.1, 0.15) is 38.4 Å². The number of halogens is 1. The van der Waals surface area contributed by atoms with Crippen LogP contribution in [0.15, 0.2) is 278 Å². The zero-order chi connectivity index (χ0) is 71.2. The second-order valence-electron chi connectivity index (χ2n) is 15.4. The highest BCUT2D eigenvalue weighted by Gasteiger charge is 2.26. The molecule has 0 saturated heterocycles. The molecule has 1 aromatic heterocycles. The van der Waals surface area contributed by atoms with E-state index in [0.29, 0.717) is 0 Å². The molecule has 0 spiro atoms. The van der Waals surface area contributed by atoms with Gasteiger partial charge in [-0.2, -0.15) is 0 Å². The lowest BCUT2D eigenvalue weighted by molar-refractivity contribution is 1.16. The minimum atomic E-state index is -0.753. The van der Waals surface area contributed by atoms with Crippen LogP contribution in [0, 0.1) is 0 Å². The van der Waals surface area contributed by atoms with Crippen molar-refractivity contribution in [3.63, 3.8) is 0 Å². The number of rotatable bonds is 11. The van der Waals surface area contributed by atoms with Crippen LogP contribution in [0.4, 0.5) is 34.1 Å². The molecule has 0 unspecified atom stereocenters. The molecular weight excluding hydrogens is 870 g/mol. The van der Waals surface area contributed by atoms with E-state index in [1.54, 1.807) is 9.80 Å². The number of nitrogens with zero attached hydrogens (tertiary/aromatic N) is 3. The molecule has 0 amide bonds. The molecule has 0 aliphatic carbocycles. The van der Waals surface area contributed by atoms with E-state index in [4.69, 9.17) is 44.5 Å². The Kier molecular flexibility index (Phi) is 5.87. The zero-order valence-electron chi connectivity index (χ0n) is 64.1. The highest BCUT2D eigenvalue weighted by Crippen LogP contribution is 2.50. The molecule has 70 heavy (non-hydrogen) atoms. The molecule has 11 aromatic carbocycles. The molecular formula is C66H46ClN3. The smallest absolute Gasteiger partial charge is 0.0888 e. The summed E-state index contributed by atoms with van der Waals surface area (Å²) in [6.07, 6.45) is 0. The summed E-state index contributed by atoms with van der Waals surface area (Å²) in [5.41, 5.74) is -0.163. The lowest BCUT2D eigenvalue weighted by Crippen LogP contribution is -2.15. The van der Waals surface area contributed by atoms with Crippen molar-refractivity contribution in [2.45, 2.75) is 0 Å². The maximum absolute atomic E-state index is 9.57. The van der Waals surface area contributed by atoms with Gasteiger partial charge < -0.3 is 14.4 Å². The molecule has 12 rings (SSSR count). The van der Waals surface area contributed by atoms with Crippen molar-refractivity contribution in [2.24, 2.45) is 0 Å². The Labute approximate surface area is 453 Å². The normalized spacial score (nSPS) is 16.8. The van der Waals surface area contributed by atoms with Crippen LogP contribution in [0.2, 0.25) is 5.02 Å². The number of aromatic nitrogens is 1. The summed E-state index contributed by atoms with van der Waals surface area (Å²) in [6, 6.07) is 9.51. The predicted octanol–water partition coefficient (Wildman–Crippen LogP) is 19.0. The maximum atomic E-state index is 9.57. The molecule has 0 aliphatic rings. The van der Waals surface area contributed by atoms with Gasteiger partial charge in [0.05, 0.1) is 71.5 Å². The third kappa shape index (κ3) is 8.09. The van der Waals surface area contributed by atoms with Crippen molar-refractivity contribution in [1.82, 2.24) is 4.57 Å². The molecule has 3 nitrogen and oxygen atoms in total. The van der Waals surface area contributed by atoms with Crippen molar-refractivity contribution in [1.29, 1.82) is 0 Å². The molecule has 0 atom stereocenters. The van der Waals surface area contributed by atoms with Crippen LogP contribution < -0.4 is 9.80 Å². The fourth-order valence-corrected chi connectivity index (χ4v) is 8.53. The molecule has 4 heteroatoms. The van der Waals surface area contributed by atoms with E-state index >= 15 is 0 Å². The van der Waals surface area contributed by atoms with Gasteiger partial charge >= 0.3 is 0 Å². The van der Waals surface area contributed by atoms with Gasteiger partial charge in [0.1, 0.15) is 0 Å². The number of fused-ring (bicyclic) bond motifs is 3. The first-order valence-corrected chi connectivity index (χ1v) is 21.8. The van der Waals surface area contributed by atoms with E-state index in [9.17, 15) is 5.48 Å². The molecule has 12 aromatic rings. The van der Waals surface area contributed by atoms with Gasteiger partial charge in [-0.3, -0.25) is 0 Å². The molecule has 0 bridgehead atoms. The summed E-state index contributed by atoms with van der Waals surface area (Å²) in [5.74, 6) is 0. The van der Waals surface area contributed by atoms with E-state index in [-0.39, 0.29) is 111 Å². The topological polar surface area (TPSA) is 11.4 Å². The largest absolute Gasteiger partial charge is 0.309 e. The fraction of sp³-hybridized carbons (Fsp3) is 0. The minimum absolute atomic E-state index is 0.0570. The van der Waals surface area contributed by atoms with Gasteiger partial charge in [0, 0.05) is 33.5 Å². The van der Waals surface area contributed by atoms with Crippen LogP contribution >= 0.6 is 11.6 Å². The van der Waals surface area contributed by atoms with Crippen LogP contribution in [0.3, 0.4) is 0 Å². The second kappa shape index (κ2) is 18.7.